The molecule has 0 aromatic rings. The molecule has 1 heterocycles. The molecular weight excluding hydrogens is 1020 g/mol. The second-order valence-electron chi connectivity index (χ2n) is 20.9. The van der Waals surface area contributed by atoms with Gasteiger partial charge in [-0.1, -0.05) is 213 Å². The number of carboxylic acid groups (broad SMARTS) is 1. The Morgan fingerprint density at radius 3 is 1.20 bits per heavy atom. The first-order valence-electron chi connectivity index (χ1n) is 31.5. The molecule has 1 rings (SSSR count). The van der Waals surface area contributed by atoms with Crippen molar-refractivity contribution >= 4 is 23.9 Å². The molecule has 1 aliphatic heterocycles. The highest BCUT2D eigenvalue weighted by Gasteiger charge is 2.50. The van der Waals surface area contributed by atoms with E-state index in [1.807, 2.05) is 0 Å². The number of aliphatic carboxylic acids is 1. The summed E-state index contributed by atoms with van der Waals surface area (Å²) in [4.78, 5) is 51.2. The van der Waals surface area contributed by atoms with Crippen LogP contribution in [0, 0.1) is 0 Å². The lowest BCUT2D eigenvalue weighted by atomic mass is 9.98. The van der Waals surface area contributed by atoms with Crippen molar-refractivity contribution in [2.24, 2.45) is 0 Å². The van der Waals surface area contributed by atoms with Crippen molar-refractivity contribution in [2.45, 2.75) is 276 Å². The molecule has 12 nitrogen and oxygen atoms in total. The zero-order valence-corrected chi connectivity index (χ0v) is 50.5. The molecule has 6 unspecified atom stereocenters. The van der Waals surface area contributed by atoms with Gasteiger partial charge >= 0.3 is 23.9 Å². The van der Waals surface area contributed by atoms with Crippen LogP contribution in [-0.2, 0) is 42.9 Å². The number of hydrogen-bond acceptors (Lipinski definition) is 11. The van der Waals surface area contributed by atoms with E-state index in [4.69, 9.17) is 23.7 Å². The van der Waals surface area contributed by atoms with Gasteiger partial charge in [-0.15, -0.1) is 0 Å². The number of hydrogen-bond donors (Lipinski definition) is 3. The SMILES string of the molecule is CC/C=C\C/C=C\C/C=C\C/C=C\C/C=C\CCCCCC(=O)OCC(COC1OC(C(=O)O)C(O)C(O)C1OC(=O)CCCCCCCCCCC/C=C\C/C=C\CCCCC)OC(=O)CCCCC/C=C\C/C=C\C/C=C\CC. The predicted octanol–water partition coefficient (Wildman–Crippen LogP) is 16.8. The van der Waals surface area contributed by atoms with Crippen molar-refractivity contribution in [1.29, 1.82) is 0 Å². The fraction of sp³-hybridized carbons (Fsp3) is 0.652. The Morgan fingerprint density at radius 1 is 0.420 bits per heavy atom. The summed E-state index contributed by atoms with van der Waals surface area (Å²) in [6, 6.07) is 0. The van der Waals surface area contributed by atoms with Crippen LogP contribution in [-0.4, -0.2) is 89.2 Å². The van der Waals surface area contributed by atoms with E-state index in [0.29, 0.717) is 19.3 Å². The van der Waals surface area contributed by atoms with Gasteiger partial charge < -0.3 is 39.0 Å². The van der Waals surface area contributed by atoms with Gasteiger partial charge in [-0.25, -0.2) is 4.79 Å². The van der Waals surface area contributed by atoms with E-state index in [0.717, 1.165) is 128 Å². The van der Waals surface area contributed by atoms with Crippen molar-refractivity contribution in [2.75, 3.05) is 13.2 Å². The first kappa shape index (κ1) is 74.1. The number of carboxylic acids is 1. The zero-order chi connectivity index (χ0) is 58.9. The fourth-order valence-corrected chi connectivity index (χ4v) is 8.73. The monoisotopic (exact) mass is 1130 g/mol. The summed E-state index contributed by atoms with van der Waals surface area (Å²) in [6.07, 6.45) is 64.5. The highest BCUT2D eigenvalue weighted by Crippen LogP contribution is 2.26. The highest BCUT2D eigenvalue weighted by atomic mass is 16.7. The van der Waals surface area contributed by atoms with Gasteiger partial charge in [0.1, 0.15) is 18.8 Å². The molecule has 81 heavy (non-hydrogen) atoms. The van der Waals surface area contributed by atoms with E-state index in [9.17, 15) is 34.5 Å². The predicted molar refractivity (Wildman–Crippen MR) is 330 cm³/mol. The first-order chi connectivity index (χ1) is 39.6. The average molecular weight is 1130 g/mol. The molecule has 3 N–H and O–H groups in total. The standard InChI is InChI=1S/C69H110O12/c1-4-7-10-13-16-19-22-25-27-29-31-33-35-38-40-43-46-49-52-55-61(70)77-58-60(79-62(71)56-53-50-47-44-41-37-24-21-18-15-12-9-6-3)59-78-69-67(65(74)64(73)66(81-69)68(75)76)80-63(72)57-54-51-48-45-42-39-36-34-32-30-28-26-23-20-17-14-11-8-5-2/h7,9-10,12,16-21,25-28,31,33,37-38,40-41,60,64-67,69,73-74H,4-6,8,11,13-15,22-24,29-30,32,34-36,39,42-59H2,1-3H3,(H,75,76)/b10-7-,12-9-,19-16-,20-17-,21-18-,27-25-,28-26-,33-31-,40-38-,41-37-. The van der Waals surface area contributed by atoms with E-state index in [-0.39, 0.29) is 25.9 Å². The Morgan fingerprint density at radius 2 is 0.778 bits per heavy atom. The smallest absolute Gasteiger partial charge is 0.335 e. The highest BCUT2D eigenvalue weighted by molar-refractivity contribution is 5.74. The van der Waals surface area contributed by atoms with Gasteiger partial charge in [0, 0.05) is 19.3 Å². The van der Waals surface area contributed by atoms with Crippen LogP contribution < -0.4 is 0 Å². The van der Waals surface area contributed by atoms with Gasteiger partial charge in [0.25, 0.3) is 0 Å². The lowest BCUT2D eigenvalue weighted by molar-refractivity contribution is -0.301. The number of unbranched alkanes of at least 4 members (excludes halogenated alkanes) is 18. The third-order valence-corrected chi connectivity index (χ3v) is 13.5. The number of carbonyl (C=O) groups is 4. The summed E-state index contributed by atoms with van der Waals surface area (Å²) in [5, 5.41) is 31.6. The number of esters is 3. The largest absolute Gasteiger partial charge is 0.479 e. The maximum absolute atomic E-state index is 13.1. The number of ether oxygens (including phenoxy) is 5. The van der Waals surface area contributed by atoms with Gasteiger partial charge in [0.15, 0.2) is 24.6 Å². The summed E-state index contributed by atoms with van der Waals surface area (Å²) < 4.78 is 28.4. The lowest BCUT2D eigenvalue weighted by Gasteiger charge is -2.40. The number of allylic oxidation sites excluding steroid dienone is 20. The fourth-order valence-electron chi connectivity index (χ4n) is 8.73. The third-order valence-electron chi connectivity index (χ3n) is 13.5. The Kier molecular flexibility index (Phi) is 50.9. The van der Waals surface area contributed by atoms with Gasteiger partial charge in [-0.2, -0.15) is 0 Å². The van der Waals surface area contributed by atoms with Crippen molar-refractivity contribution in [3.8, 4) is 0 Å². The van der Waals surface area contributed by atoms with Crippen LogP contribution in [0.3, 0.4) is 0 Å². The second kappa shape index (κ2) is 55.6. The minimum atomic E-state index is -1.92. The van der Waals surface area contributed by atoms with Crippen molar-refractivity contribution in [1.82, 2.24) is 0 Å². The van der Waals surface area contributed by atoms with Crippen molar-refractivity contribution in [3.63, 3.8) is 0 Å². The Bertz CT molecular complexity index is 1870. The van der Waals surface area contributed by atoms with E-state index < -0.39 is 67.3 Å². The minimum absolute atomic E-state index is 0.0426. The quantitative estimate of drug-likeness (QED) is 0.0228. The van der Waals surface area contributed by atoms with Crippen molar-refractivity contribution < 1.29 is 58.2 Å². The maximum Gasteiger partial charge on any atom is 0.335 e. The van der Waals surface area contributed by atoms with Crippen LogP contribution >= 0.6 is 0 Å². The summed E-state index contributed by atoms with van der Waals surface area (Å²) in [5.41, 5.74) is 0. The topological polar surface area (TPSA) is 175 Å². The van der Waals surface area contributed by atoms with Gasteiger partial charge in [0.2, 0.25) is 0 Å². The maximum atomic E-state index is 13.1. The van der Waals surface area contributed by atoms with Crippen molar-refractivity contribution in [3.05, 3.63) is 122 Å². The van der Waals surface area contributed by atoms with Crippen LogP contribution in [0.1, 0.15) is 239 Å². The molecule has 6 atom stereocenters. The lowest BCUT2D eigenvalue weighted by Crippen LogP contribution is -2.61. The molecule has 458 valence electrons. The molecule has 1 fully saturated rings. The molecular formula is C69H110O12. The molecule has 0 spiro atoms. The molecule has 0 aliphatic carbocycles. The van der Waals surface area contributed by atoms with E-state index in [1.54, 1.807) is 0 Å². The molecule has 12 heteroatoms. The van der Waals surface area contributed by atoms with E-state index in [2.05, 4.69) is 142 Å². The summed E-state index contributed by atoms with van der Waals surface area (Å²) >= 11 is 0. The molecule has 0 aromatic carbocycles. The number of carbonyl (C=O) groups excluding carboxylic acids is 3. The van der Waals surface area contributed by atoms with Crippen LogP contribution in [0.4, 0.5) is 0 Å². The van der Waals surface area contributed by atoms with E-state index in [1.165, 1.54) is 51.4 Å². The van der Waals surface area contributed by atoms with Gasteiger partial charge in [-0.3, -0.25) is 14.4 Å². The second-order valence-corrected chi connectivity index (χ2v) is 20.9. The molecule has 0 amide bonds. The summed E-state index contributed by atoms with van der Waals surface area (Å²) in [6.45, 7) is 5.69. The molecule has 0 saturated carbocycles. The molecule has 0 bridgehead atoms. The normalized spacial score (nSPS) is 18.6. The minimum Gasteiger partial charge on any atom is -0.479 e. The average Bonchev–Trinajstić information content (AvgIpc) is 3.45. The van der Waals surface area contributed by atoms with Crippen LogP contribution in [0.5, 0.6) is 0 Å². The first-order valence-corrected chi connectivity index (χ1v) is 31.5. The Labute approximate surface area is 490 Å². The van der Waals surface area contributed by atoms with Crippen LogP contribution in [0.15, 0.2) is 122 Å². The van der Waals surface area contributed by atoms with Crippen LogP contribution in [0.25, 0.3) is 0 Å². The molecule has 0 radical (unpaired) electrons. The van der Waals surface area contributed by atoms with Crippen LogP contribution in [0.2, 0.25) is 0 Å². The molecule has 0 aromatic heterocycles. The summed E-state index contributed by atoms with van der Waals surface area (Å²) in [7, 11) is 0. The van der Waals surface area contributed by atoms with E-state index >= 15 is 0 Å². The molecule has 1 aliphatic rings. The third kappa shape index (κ3) is 45.3. The zero-order valence-electron chi connectivity index (χ0n) is 50.5. The Hall–Kier alpha value is -4.88. The van der Waals surface area contributed by atoms with Gasteiger partial charge in [0.05, 0.1) is 6.61 Å². The van der Waals surface area contributed by atoms with Gasteiger partial charge in [-0.05, 0) is 128 Å². The number of aliphatic hydroxyl groups excluding tert-OH is 2. The molecule has 1 saturated heterocycles. The Balaban J connectivity index is 2.69. The number of aliphatic hydroxyl groups is 2. The number of rotatable bonds is 52. The summed E-state index contributed by atoms with van der Waals surface area (Å²) in [5.74, 6) is -3.22.